The van der Waals surface area contributed by atoms with Gasteiger partial charge in [-0.15, -0.1) is 0 Å². The topological polar surface area (TPSA) is 92.5 Å². The van der Waals surface area contributed by atoms with Gasteiger partial charge in [-0.25, -0.2) is 8.42 Å². The van der Waals surface area contributed by atoms with E-state index in [4.69, 9.17) is 5.73 Å². The van der Waals surface area contributed by atoms with Gasteiger partial charge in [-0.2, -0.15) is 4.31 Å². The summed E-state index contributed by atoms with van der Waals surface area (Å²) in [5, 5.41) is 2.83. The normalized spacial score (nSPS) is 11.7. The highest BCUT2D eigenvalue weighted by Crippen LogP contribution is 2.17. The van der Waals surface area contributed by atoms with Crippen LogP contribution in [0.5, 0.6) is 0 Å². The van der Waals surface area contributed by atoms with Gasteiger partial charge in [-0.3, -0.25) is 4.79 Å². The van der Waals surface area contributed by atoms with E-state index in [1.807, 2.05) is 26.0 Å². The van der Waals surface area contributed by atoms with Gasteiger partial charge in [0.05, 0.1) is 11.3 Å². The average Bonchev–Trinajstić information content (AvgIpc) is 2.61. The number of nitrogen functional groups attached to an aromatic ring is 1. The van der Waals surface area contributed by atoms with Crippen LogP contribution in [-0.4, -0.2) is 31.7 Å². The molecule has 2 aromatic carbocycles. The summed E-state index contributed by atoms with van der Waals surface area (Å²) in [7, 11) is -1.93. The largest absolute Gasteiger partial charge is 0.399 e. The van der Waals surface area contributed by atoms with Gasteiger partial charge in [-0.1, -0.05) is 24.3 Å². The first-order chi connectivity index (χ1) is 12.2. The van der Waals surface area contributed by atoms with Gasteiger partial charge in [0.25, 0.3) is 0 Å². The summed E-state index contributed by atoms with van der Waals surface area (Å²) in [5.74, 6) is -0.106. The molecule has 1 amide bonds. The molecule has 0 heterocycles. The van der Waals surface area contributed by atoms with E-state index in [1.54, 1.807) is 43.4 Å². The van der Waals surface area contributed by atoms with E-state index < -0.39 is 10.0 Å². The van der Waals surface area contributed by atoms with Crippen LogP contribution >= 0.6 is 0 Å². The van der Waals surface area contributed by atoms with Gasteiger partial charge in [0.15, 0.2) is 0 Å². The number of hydrogen-bond donors (Lipinski definition) is 2. The van der Waals surface area contributed by atoms with Gasteiger partial charge in [0.2, 0.25) is 15.9 Å². The first kappa shape index (κ1) is 19.9. The zero-order valence-corrected chi connectivity index (χ0v) is 16.1. The molecule has 0 aliphatic rings. The summed E-state index contributed by atoms with van der Waals surface area (Å²) >= 11 is 0. The molecule has 0 aliphatic carbocycles. The lowest BCUT2D eigenvalue weighted by Gasteiger charge is -2.21. The molecule has 26 heavy (non-hydrogen) atoms. The summed E-state index contributed by atoms with van der Waals surface area (Å²) in [6.07, 6.45) is 0.270. The van der Waals surface area contributed by atoms with Crippen molar-refractivity contribution in [2.24, 2.45) is 0 Å². The molecule has 2 aromatic rings. The standard InChI is InChI=1S/C19H25N3O3S/c1-14(2)22(3)26(24,25)18-10-6-16(7-11-18)13-21-19(23)12-15-4-8-17(20)9-5-15/h4-11,14H,12-13,20H2,1-3H3,(H,21,23). The lowest BCUT2D eigenvalue weighted by atomic mass is 10.1. The highest BCUT2D eigenvalue weighted by atomic mass is 32.2. The molecule has 140 valence electrons. The molecule has 0 aromatic heterocycles. The van der Waals surface area contributed by atoms with E-state index in [2.05, 4.69) is 5.32 Å². The van der Waals surface area contributed by atoms with Crippen LogP contribution in [0.1, 0.15) is 25.0 Å². The van der Waals surface area contributed by atoms with Crippen LogP contribution in [0.3, 0.4) is 0 Å². The van der Waals surface area contributed by atoms with Crippen LogP contribution < -0.4 is 11.1 Å². The van der Waals surface area contributed by atoms with Gasteiger partial charge in [-0.05, 0) is 49.2 Å². The third-order valence-electron chi connectivity index (χ3n) is 4.16. The molecule has 0 aliphatic heterocycles. The first-order valence-electron chi connectivity index (χ1n) is 8.38. The van der Waals surface area contributed by atoms with Crippen molar-refractivity contribution in [3.05, 3.63) is 59.7 Å². The molecular formula is C19H25N3O3S. The maximum atomic E-state index is 12.4. The number of hydrogen-bond acceptors (Lipinski definition) is 4. The number of benzene rings is 2. The number of nitrogens with zero attached hydrogens (tertiary/aromatic N) is 1. The quantitative estimate of drug-likeness (QED) is 0.725. The van der Waals surface area contributed by atoms with Crippen molar-refractivity contribution in [2.75, 3.05) is 12.8 Å². The molecule has 6 nitrogen and oxygen atoms in total. The van der Waals surface area contributed by atoms with Gasteiger partial charge in [0, 0.05) is 25.3 Å². The molecule has 0 fully saturated rings. The van der Waals surface area contributed by atoms with E-state index in [0.717, 1.165) is 11.1 Å². The third-order valence-corrected chi connectivity index (χ3v) is 6.21. The minimum atomic E-state index is -3.49. The predicted molar refractivity (Wildman–Crippen MR) is 103 cm³/mol. The Morgan fingerprint density at radius 3 is 2.12 bits per heavy atom. The molecule has 2 rings (SSSR count). The molecule has 7 heteroatoms. The second-order valence-electron chi connectivity index (χ2n) is 6.45. The number of rotatable bonds is 7. The van der Waals surface area contributed by atoms with Crippen LogP contribution in [-0.2, 0) is 27.8 Å². The highest BCUT2D eigenvalue weighted by molar-refractivity contribution is 7.89. The number of carbonyl (C=O) groups is 1. The molecule has 0 spiro atoms. The Balaban J connectivity index is 1.95. The lowest BCUT2D eigenvalue weighted by molar-refractivity contribution is -0.120. The van der Waals surface area contributed by atoms with Crippen molar-refractivity contribution < 1.29 is 13.2 Å². The molecule has 0 bridgehead atoms. The number of nitrogens with two attached hydrogens (primary N) is 1. The summed E-state index contributed by atoms with van der Waals surface area (Å²) in [6, 6.07) is 13.6. The monoisotopic (exact) mass is 375 g/mol. The molecule has 0 radical (unpaired) electrons. The second-order valence-corrected chi connectivity index (χ2v) is 8.45. The number of nitrogens with one attached hydrogen (secondary N) is 1. The predicted octanol–water partition coefficient (Wildman–Crippen LogP) is 2.16. The van der Waals surface area contributed by atoms with Crippen LogP contribution in [0.2, 0.25) is 0 Å². The van der Waals surface area contributed by atoms with E-state index in [9.17, 15) is 13.2 Å². The van der Waals surface area contributed by atoms with Gasteiger partial charge in [0.1, 0.15) is 0 Å². The second kappa shape index (κ2) is 8.33. The van der Waals surface area contributed by atoms with Crippen LogP contribution in [0.4, 0.5) is 5.69 Å². The average molecular weight is 375 g/mol. The van der Waals surface area contributed by atoms with Crippen molar-refractivity contribution in [1.29, 1.82) is 0 Å². The molecule has 0 saturated carbocycles. The fourth-order valence-corrected chi connectivity index (χ4v) is 3.67. The zero-order chi connectivity index (χ0) is 19.3. The Hall–Kier alpha value is -2.38. The molecule has 0 atom stereocenters. The molecule has 0 unspecified atom stereocenters. The minimum Gasteiger partial charge on any atom is -0.399 e. The van der Waals surface area contributed by atoms with Crippen LogP contribution in [0.25, 0.3) is 0 Å². The number of amides is 1. The van der Waals surface area contributed by atoms with Gasteiger partial charge >= 0.3 is 0 Å². The van der Waals surface area contributed by atoms with Crippen molar-refractivity contribution in [1.82, 2.24) is 9.62 Å². The lowest BCUT2D eigenvalue weighted by Crippen LogP contribution is -2.33. The Morgan fingerprint density at radius 2 is 1.58 bits per heavy atom. The Kier molecular flexibility index (Phi) is 6.39. The van der Waals surface area contributed by atoms with Crippen LogP contribution in [0, 0.1) is 0 Å². The smallest absolute Gasteiger partial charge is 0.243 e. The molecular weight excluding hydrogens is 350 g/mol. The third kappa shape index (κ3) is 5.06. The van der Waals surface area contributed by atoms with Crippen molar-refractivity contribution in [3.8, 4) is 0 Å². The molecule has 0 saturated heterocycles. The van der Waals surface area contributed by atoms with E-state index >= 15 is 0 Å². The van der Waals surface area contributed by atoms with E-state index in [0.29, 0.717) is 12.2 Å². The van der Waals surface area contributed by atoms with Crippen molar-refractivity contribution in [2.45, 2.75) is 37.8 Å². The van der Waals surface area contributed by atoms with Crippen molar-refractivity contribution >= 4 is 21.6 Å². The van der Waals surface area contributed by atoms with E-state index in [1.165, 1.54) is 4.31 Å². The fraction of sp³-hybridized carbons (Fsp3) is 0.316. The van der Waals surface area contributed by atoms with Gasteiger partial charge < -0.3 is 11.1 Å². The maximum absolute atomic E-state index is 12.4. The summed E-state index contributed by atoms with van der Waals surface area (Å²) in [5.41, 5.74) is 8.00. The first-order valence-corrected chi connectivity index (χ1v) is 9.82. The Morgan fingerprint density at radius 1 is 1.04 bits per heavy atom. The Bertz CT molecular complexity index is 845. The highest BCUT2D eigenvalue weighted by Gasteiger charge is 2.22. The van der Waals surface area contributed by atoms with E-state index in [-0.39, 0.29) is 23.3 Å². The number of carbonyl (C=O) groups excluding carboxylic acids is 1. The maximum Gasteiger partial charge on any atom is 0.243 e. The fourth-order valence-electron chi connectivity index (χ4n) is 2.31. The summed E-state index contributed by atoms with van der Waals surface area (Å²) in [6.45, 7) is 3.99. The number of sulfonamides is 1. The number of anilines is 1. The summed E-state index contributed by atoms with van der Waals surface area (Å²) in [4.78, 5) is 12.3. The zero-order valence-electron chi connectivity index (χ0n) is 15.3. The SMILES string of the molecule is CC(C)N(C)S(=O)(=O)c1ccc(CNC(=O)Cc2ccc(N)cc2)cc1. The van der Waals surface area contributed by atoms with Crippen molar-refractivity contribution in [3.63, 3.8) is 0 Å². The van der Waals surface area contributed by atoms with Crippen LogP contribution in [0.15, 0.2) is 53.4 Å². The Labute approximate surface area is 155 Å². The minimum absolute atomic E-state index is 0.106. The molecule has 3 N–H and O–H groups in total. The summed E-state index contributed by atoms with van der Waals surface area (Å²) < 4.78 is 26.2.